The first-order valence-corrected chi connectivity index (χ1v) is 3.33. The lowest BCUT2D eigenvalue weighted by atomic mass is 10.6. The molecule has 0 saturated heterocycles. The molecule has 0 bridgehead atoms. The van der Waals surface area contributed by atoms with Crippen LogP contribution in [0.4, 0.5) is 0 Å². The van der Waals surface area contributed by atoms with Crippen molar-refractivity contribution in [3.8, 4) is 0 Å². The molecule has 0 fully saturated rings. The molecule has 0 aliphatic heterocycles. The predicted octanol–water partition coefficient (Wildman–Crippen LogP) is 0.422. The van der Waals surface area contributed by atoms with Crippen LogP contribution in [-0.2, 0) is 4.84 Å². The Morgan fingerprint density at radius 1 is 1.45 bits per heavy atom. The van der Waals surface area contributed by atoms with Gasteiger partial charge < -0.3 is 4.84 Å². The van der Waals surface area contributed by atoms with E-state index in [0.29, 0.717) is 13.1 Å². The topological polar surface area (TPSA) is 46.0 Å². The van der Waals surface area contributed by atoms with Crippen molar-refractivity contribution in [2.75, 3.05) is 20.1 Å². The third-order valence-corrected chi connectivity index (χ3v) is 0.814. The number of rotatable bonds is 6. The van der Waals surface area contributed by atoms with E-state index in [4.69, 9.17) is 0 Å². The number of nitrogens with zero attached hydrogens (tertiary/aromatic N) is 2. The van der Waals surface area contributed by atoms with Gasteiger partial charge in [0, 0.05) is 13.3 Å². The zero-order valence-electron chi connectivity index (χ0n) is 6.66. The average molecular weight is 155 g/mol. The van der Waals surface area contributed by atoms with Crippen molar-refractivity contribution in [2.45, 2.75) is 0 Å². The summed E-state index contributed by atoms with van der Waals surface area (Å²) in [4.78, 5) is 12.5. The van der Waals surface area contributed by atoms with Gasteiger partial charge >= 0.3 is 0 Å². The van der Waals surface area contributed by atoms with Crippen LogP contribution in [0.2, 0.25) is 0 Å². The maximum Gasteiger partial charge on any atom is 0.196 e. The quantitative estimate of drug-likeness (QED) is 0.261. The Kier molecular flexibility index (Phi) is 7.91. The fourth-order valence-electron chi connectivity index (χ4n) is 0.407. The van der Waals surface area contributed by atoms with Crippen molar-refractivity contribution in [1.82, 2.24) is 5.48 Å². The van der Waals surface area contributed by atoms with Gasteiger partial charge in [0.05, 0.1) is 13.1 Å². The minimum absolute atomic E-state index is 0.631. The van der Waals surface area contributed by atoms with Crippen molar-refractivity contribution >= 4 is 12.6 Å². The third kappa shape index (κ3) is 8.84. The standard InChI is InChI=1S/C7H13N3O/c1-3-4-9-5-6-10-7-11-8-2/h3-4,7-8H,1,5-6H2,2H3/b9-4-,10-7-. The van der Waals surface area contributed by atoms with Crippen molar-refractivity contribution in [1.29, 1.82) is 0 Å². The number of hydrogen-bond donors (Lipinski definition) is 1. The van der Waals surface area contributed by atoms with Gasteiger partial charge in [0.25, 0.3) is 0 Å². The number of nitrogens with one attached hydrogen (secondary N) is 1. The van der Waals surface area contributed by atoms with Gasteiger partial charge in [0.2, 0.25) is 0 Å². The van der Waals surface area contributed by atoms with Crippen LogP contribution in [0.3, 0.4) is 0 Å². The van der Waals surface area contributed by atoms with Gasteiger partial charge in [0.1, 0.15) is 0 Å². The second kappa shape index (κ2) is 8.84. The summed E-state index contributed by atoms with van der Waals surface area (Å²) in [5.41, 5.74) is 2.47. The number of hydrogen-bond acceptors (Lipinski definition) is 4. The van der Waals surface area contributed by atoms with Crippen molar-refractivity contribution in [2.24, 2.45) is 9.98 Å². The molecule has 0 atom stereocenters. The summed E-state index contributed by atoms with van der Waals surface area (Å²) in [6, 6.07) is 0. The molecule has 1 N–H and O–H groups in total. The van der Waals surface area contributed by atoms with E-state index in [9.17, 15) is 0 Å². The minimum Gasteiger partial charge on any atom is -0.397 e. The molecule has 0 spiro atoms. The summed E-state index contributed by atoms with van der Waals surface area (Å²) >= 11 is 0. The monoisotopic (exact) mass is 155 g/mol. The maximum absolute atomic E-state index is 4.63. The highest BCUT2D eigenvalue weighted by atomic mass is 16.6. The fourth-order valence-corrected chi connectivity index (χ4v) is 0.407. The maximum atomic E-state index is 4.63. The van der Waals surface area contributed by atoms with Crippen LogP contribution in [0, 0.1) is 0 Å². The van der Waals surface area contributed by atoms with Gasteiger partial charge in [-0.3, -0.25) is 9.98 Å². The molecular weight excluding hydrogens is 142 g/mol. The van der Waals surface area contributed by atoms with Crippen molar-refractivity contribution in [3.63, 3.8) is 0 Å². The van der Waals surface area contributed by atoms with Crippen LogP contribution in [0.25, 0.3) is 0 Å². The lowest BCUT2D eigenvalue weighted by molar-refractivity contribution is 0.221. The molecule has 4 nitrogen and oxygen atoms in total. The zero-order chi connectivity index (χ0) is 8.36. The SMILES string of the molecule is C=C/C=N\CC/N=C\ONC. The van der Waals surface area contributed by atoms with Crippen molar-refractivity contribution in [3.05, 3.63) is 12.7 Å². The van der Waals surface area contributed by atoms with Gasteiger partial charge in [-0.2, -0.15) is 5.48 Å². The smallest absolute Gasteiger partial charge is 0.196 e. The average Bonchev–Trinajstić information content (AvgIpc) is 2.03. The largest absolute Gasteiger partial charge is 0.397 e. The number of aliphatic imine (C=N–C) groups is 2. The van der Waals surface area contributed by atoms with Crippen LogP contribution < -0.4 is 5.48 Å². The first-order valence-electron chi connectivity index (χ1n) is 3.33. The highest BCUT2D eigenvalue weighted by Crippen LogP contribution is 1.71. The van der Waals surface area contributed by atoms with E-state index in [-0.39, 0.29) is 0 Å². The minimum atomic E-state index is 0.631. The summed E-state index contributed by atoms with van der Waals surface area (Å²) in [6.07, 6.45) is 4.63. The van der Waals surface area contributed by atoms with Gasteiger partial charge in [0.15, 0.2) is 6.40 Å². The Bertz CT molecular complexity index is 143. The molecule has 62 valence electrons. The van der Waals surface area contributed by atoms with Gasteiger partial charge in [-0.25, -0.2) is 0 Å². The summed E-state index contributed by atoms with van der Waals surface area (Å²) in [7, 11) is 1.67. The number of allylic oxidation sites excluding steroid dienone is 1. The third-order valence-electron chi connectivity index (χ3n) is 0.814. The molecule has 4 heteroatoms. The second-order valence-corrected chi connectivity index (χ2v) is 1.62. The molecule has 0 aromatic carbocycles. The second-order valence-electron chi connectivity index (χ2n) is 1.62. The van der Waals surface area contributed by atoms with E-state index in [1.54, 1.807) is 19.3 Å². The Morgan fingerprint density at radius 3 is 2.82 bits per heavy atom. The molecule has 0 amide bonds. The molecule has 0 aliphatic carbocycles. The summed E-state index contributed by atoms with van der Waals surface area (Å²) in [6.45, 7) is 4.78. The molecule has 11 heavy (non-hydrogen) atoms. The molecule has 0 saturated carbocycles. The van der Waals surface area contributed by atoms with Crippen LogP contribution in [0.15, 0.2) is 22.6 Å². The first kappa shape index (κ1) is 9.84. The highest BCUT2D eigenvalue weighted by molar-refractivity contribution is 5.69. The van der Waals surface area contributed by atoms with Gasteiger partial charge in [-0.05, 0) is 0 Å². The molecule has 0 unspecified atom stereocenters. The van der Waals surface area contributed by atoms with E-state index in [0.717, 1.165) is 0 Å². The fraction of sp³-hybridized carbons (Fsp3) is 0.429. The highest BCUT2D eigenvalue weighted by Gasteiger charge is 1.75. The van der Waals surface area contributed by atoms with Gasteiger partial charge in [-0.1, -0.05) is 12.7 Å². The lowest BCUT2D eigenvalue weighted by Gasteiger charge is -1.91. The molecule has 0 aliphatic rings. The molecular formula is C7H13N3O. The lowest BCUT2D eigenvalue weighted by Crippen LogP contribution is -2.05. The Morgan fingerprint density at radius 2 is 2.18 bits per heavy atom. The van der Waals surface area contributed by atoms with Crippen LogP contribution >= 0.6 is 0 Å². The summed E-state index contributed by atoms with van der Waals surface area (Å²) < 4.78 is 0. The van der Waals surface area contributed by atoms with Crippen LogP contribution in [-0.4, -0.2) is 32.8 Å². The molecule has 0 aromatic heterocycles. The molecule has 0 radical (unpaired) electrons. The van der Waals surface area contributed by atoms with E-state index in [2.05, 4.69) is 26.9 Å². The van der Waals surface area contributed by atoms with E-state index >= 15 is 0 Å². The first-order chi connectivity index (χ1) is 5.41. The normalized spacial score (nSPS) is 11.0. The Labute approximate surface area is 66.6 Å². The Hall–Kier alpha value is -1.16. The molecule has 0 aromatic rings. The van der Waals surface area contributed by atoms with E-state index in [1.807, 2.05) is 0 Å². The molecule has 0 heterocycles. The van der Waals surface area contributed by atoms with Gasteiger partial charge in [-0.15, -0.1) is 0 Å². The van der Waals surface area contributed by atoms with Crippen molar-refractivity contribution < 1.29 is 4.84 Å². The Balaban J connectivity index is 3.12. The molecule has 0 rings (SSSR count). The van der Waals surface area contributed by atoms with Crippen LogP contribution in [0.1, 0.15) is 0 Å². The number of hydroxylamine groups is 1. The van der Waals surface area contributed by atoms with E-state index in [1.165, 1.54) is 6.40 Å². The van der Waals surface area contributed by atoms with Crippen LogP contribution in [0.5, 0.6) is 0 Å². The zero-order valence-corrected chi connectivity index (χ0v) is 6.66. The summed E-state index contributed by atoms with van der Waals surface area (Å²) in [5.74, 6) is 0. The predicted molar refractivity (Wildman–Crippen MR) is 47.1 cm³/mol. The van der Waals surface area contributed by atoms with E-state index < -0.39 is 0 Å². The summed E-state index contributed by atoms with van der Waals surface area (Å²) in [5, 5.41) is 0.